The number of rotatable bonds is 1. The molecule has 0 spiro atoms. The second-order valence-electron chi connectivity index (χ2n) is 6.83. The molecule has 2 nitrogen and oxygen atoms in total. The Labute approximate surface area is 165 Å². The second kappa shape index (κ2) is 5.48. The van der Waals surface area contributed by atoms with E-state index in [1.807, 2.05) is 0 Å². The number of hydrogen-bond donors (Lipinski definition) is 0. The summed E-state index contributed by atoms with van der Waals surface area (Å²) in [6.45, 7) is 0. The molecule has 0 N–H and O–H groups in total. The molecule has 1 aliphatic heterocycles. The summed E-state index contributed by atoms with van der Waals surface area (Å²) >= 11 is 3.64. The summed E-state index contributed by atoms with van der Waals surface area (Å²) in [7, 11) is 0. The summed E-state index contributed by atoms with van der Waals surface area (Å²) in [5, 5.41) is 2.55. The molecule has 0 radical (unpaired) electrons. The standard InChI is InChI=1S/C24H15BrN2/c25-16-13-14-20-19(15-16)18-9-6-12-23-24(18)27(20)22-11-5-4-10-21(22)26(23)17-7-2-1-3-8-17/h1-15H. The maximum absolute atomic E-state index is 3.64. The number of para-hydroxylation sites is 4. The average molecular weight is 411 g/mol. The first-order valence-electron chi connectivity index (χ1n) is 9.00. The number of fused-ring (bicyclic) bond motifs is 5. The van der Waals surface area contributed by atoms with Gasteiger partial charge in [-0.2, -0.15) is 0 Å². The van der Waals surface area contributed by atoms with Gasteiger partial charge in [-0.15, -0.1) is 0 Å². The monoisotopic (exact) mass is 410 g/mol. The summed E-state index contributed by atoms with van der Waals surface area (Å²) in [5.74, 6) is 0. The van der Waals surface area contributed by atoms with E-state index in [9.17, 15) is 0 Å². The fourth-order valence-electron chi connectivity index (χ4n) is 4.28. The first kappa shape index (κ1) is 15.1. The molecule has 128 valence electrons. The van der Waals surface area contributed by atoms with Gasteiger partial charge in [0.1, 0.15) is 0 Å². The SMILES string of the molecule is Brc1ccc2c(c1)c1cccc3c1n2-c1ccccc1N3c1ccccc1. The lowest BCUT2D eigenvalue weighted by Gasteiger charge is -2.33. The van der Waals surface area contributed by atoms with Gasteiger partial charge in [-0.3, -0.25) is 0 Å². The van der Waals surface area contributed by atoms with Crippen LogP contribution in [0.1, 0.15) is 0 Å². The minimum Gasteiger partial charge on any atom is -0.306 e. The number of hydrogen-bond acceptors (Lipinski definition) is 1. The maximum Gasteiger partial charge on any atom is 0.0783 e. The molecular formula is C24H15BrN2. The van der Waals surface area contributed by atoms with Gasteiger partial charge in [0.05, 0.1) is 28.1 Å². The van der Waals surface area contributed by atoms with Crippen LogP contribution in [0.15, 0.2) is 95.5 Å². The smallest absolute Gasteiger partial charge is 0.0783 e. The number of halogens is 1. The molecule has 0 fully saturated rings. The summed E-state index contributed by atoms with van der Waals surface area (Å²) in [5.41, 5.74) is 7.29. The molecule has 2 heterocycles. The van der Waals surface area contributed by atoms with Crippen LogP contribution < -0.4 is 4.90 Å². The van der Waals surface area contributed by atoms with Gasteiger partial charge in [0.2, 0.25) is 0 Å². The highest BCUT2D eigenvalue weighted by Crippen LogP contribution is 2.49. The van der Waals surface area contributed by atoms with Crippen LogP contribution in [0.2, 0.25) is 0 Å². The van der Waals surface area contributed by atoms with E-state index in [0.717, 1.165) is 4.47 Å². The lowest BCUT2D eigenvalue weighted by Crippen LogP contribution is -2.17. The lowest BCUT2D eigenvalue weighted by atomic mass is 10.1. The number of benzene rings is 4. The van der Waals surface area contributed by atoms with Crippen LogP contribution in [-0.4, -0.2) is 4.57 Å². The van der Waals surface area contributed by atoms with Gasteiger partial charge >= 0.3 is 0 Å². The van der Waals surface area contributed by atoms with E-state index in [1.165, 1.54) is 44.6 Å². The van der Waals surface area contributed by atoms with Crippen LogP contribution in [0, 0.1) is 0 Å². The van der Waals surface area contributed by atoms with Crippen LogP contribution in [0.5, 0.6) is 0 Å². The van der Waals surface area contributed by atoms with Crippen molar-refractivity contribution in [1.82, 2.24) is 4.57 Å². The van der Waals surface area contributed by atoms with Crippen molar-refractivity contribution in [1.29, 1.82) is 0 Å². The Morgan fingerprint density at radius 2 is 1.33 bits per heavy atom. The molecule has 0 bridgehead atoms. The molecule has 0 unspecified atom stereocenters. The fourth-order valence-corrected chi connectivity index (χ4v) is 4.64. The minimum atomic E-state index is 1.10. The van der Waals surface area contributed by atoms with Gasteiger partial charge in [-0.05, 0) is 48.5 Å². The van der Waals surface area contributed by atoms with Crippen LogP contribution in [-0.2, 0) is 0 Å². The zero-order valence-electron chi connectivity index (χ0n) is 14.4. The Bertz CT molecular complexity index is 1340. The Morgan fingerprint density at radius 3 is 2.19 bits per heavy atom. The molecular weight excluding hydrogens is 396 g/mol. The molecule has 3 heteroatoms. The van der Waals surface area contributed by atoms with E-state index in [4.69, 9.17) is 0 Å². The molecule has 0 amide bonds. The van der Waals surface area contributed by atoms with E-state index < -0.39 is 0 Å². The first-order chi connectivity index (χ1) is 13.3. The highest BCUT2D eigenvalue weighted by molar-refractivity contribution is 9.10. The molecule has 5 aromatic rings. The van der Waals surface area contributed by atoms with Crippen molar-refractivity contribution in [3.05, 3.63) is 95.5 Å². The zero-order chi connectivity index (χ0) is 18.0. The largest absolute Gasteiger partial charge is 0.306 e. The molecule has 27 heavy (non-hydrogen) atoms. The summed E-state index contributed by atoms with van der Waals surface area (Å²) in [4.78, 5) is 2.37. The van der Waals surface area contributed by atoms with Crippen molar-refractivity contribution in [2.45, 2.75) is 0 Å². The Morgan fingerprint density at radius 1 is 0.593 bits per heavy atom. The zero-order valence-corrected chi connectivity index (χ0v) is 16.0. The third-order valence-corrected chi connectivity index (χ3v) is 5.84. The third-order valence-electron chi connectivity index (χ3n) is 5.35. The van der Waals surface area contributed by atoms with E-state index >= 15 is 0 Å². The molecule has 4 aromatic carbocycles. The van der Waals surface area contributed by atoms with Gasteiger partial charge in [0.25, 0.3) is 0 Å². The first-order valence-corrected chi connectivity index (χ1v) is 9.79. The van der Waals surface area contributed by atoms with Crippen LogP contribution in [0.25, 0.3) is 27.5 Å². The van der Waals surface area contributed by atoms with Crippen molar-refractivity contribution in [2.75, 3.05) is 4.90 Å². The molecule has 0 atom stereocenters. The minimum absolute atomic E-state index is 1.10. The van der Waals surface area contributed by atoms with Crippen LogP contribution in [0.3, 0.4) is 0 Å². The third kappa shape index (κ3) is 2.00. The van der Waals surface area contributed by atoms with Gasteiger partial charge in [-0.1, -0.05) is 58.4 Å². The number of anilines is 3. The predicted octanol–water partition coefficient (Wildman–Crippen LogP) is 7.33. The van der Waals surface area contributed by atoms with Crippen molar-refractivity contribution in [2.24, 2.45) is 0 Å². The highest BCUT2D eigenvalue weighted by Gasteiger charge is 2.27. The highest BCUT2D eigenvalue weighted by atomic mass is 79.9. The van der Waals surface area contributed by atoms with Gasteiger partial charge < -0.3 is 9.47 Å². The molecule has 1 aromatic heterocycles. The predicted molar refractivity (Wildman–Crippen MR) is 117 cm³/mol. The van der Waals surface area contributed by atoms with E-state index in [1.54, 1.807) is 0 Å². The summed E-state index contributed by atoms with van der Waals surface area (Å²) in [6, 6.07) is 32.4. The molecule has 0 saturated carbocycles. The Kier molecular flexibility index (Phi) is 3.06. The summed E-state index contributed by atoms with van der Waals surface area (Å²) < 4.78 is 3.51. The van der Waals surface area contributed by atoms with Gasteiger partial charge in [-0.25, -0.2) is 0 Å². The van der Waals surface area contributed by atoms with Crippen molar-refractivity contribution in [3.8, 4) is 5.69 Å². The maximum atomic E-state index is 3.64. The van der Waals surface area contributed by atoms with Crippen molar-refractivity contribution < 1.29 is 0 Å². The molecule has 0 saturated heterocycles. The molecule has 1 aliphatic rings. The second-order valence-corrected chi connectivity index (χ2v) is 7.75. The lowest BCUT2D eigenvalue weighted by molar-refractivity contribution is 1.11. The normalized spacial score (nSPS) is 12.6. The van der Waals surface area contributed by atoms with Crippen molar-refractivity contribution in [3.63, 3.8) is 0 Å². The summed E-state index contributed by atoms with van der Waals surface area (Å²) in [6.07, 6.45) is 0. The van der Waals surface area contributed by atoms with E-state index in [0.29, 0.717) is 0 Å². The number of nitrogens with zero attached hydrogens (tertiary/aromatic N) is 2. The quantitative estimate of drug-likeness (QED) is 0.275. The van der Waals surface area contributed by atoms with Gasteiger partial charge in [0.15, 0.2) is 0 Å². The number of aromatic nitrogens is 1. The molecule has 0 aliphatic carbocycles. The van der Waals surface area contributed by atoms with E-state index in [2.05, 4.69) is 116 Å². The van der Waals surface area contributed by atoms with Crippen LogP contribution in [0.4, 0.5) is 17.1 Å². The average Bonchev–Trinajstić information content (AvgIpc) is 3.04. The van der Waals surface area contributed by atoms with Gasteiger partial charge in [0, 0.05) is 20.9 Å². The van der Waals surface area contributed by atoms with E-state index in [-0.39, 0.29) is 0 Å². The Balaban J connectivity index is 1.84. The topological polar surface area (TPSA) is 8.17 Å². The van der Waals surface area contributed by atoms with Crippen molar-refractivity contribution >= 4 is 54.8 Å². The van der Waals surface area contributed by atoms with Crippen LogP contribution >= 0.6 is 15.9 Å². The Hall–Kier alpha value is -3.04. The fraction of sp³-hybridized carbons (Fsp3) is 0. The molecule has 6 rings (SSSR count).